The van der Waals surface area contributed by atoms with Gasteiger partial charge in [-0.1, -0.05) is 19.1 Å². The Balaban J connectivity index is 1.89. The van der Waals surface area contributed by atoms with E-state index in [2.05, 4.69) is 0 Å². The average Bonchev–Trinajstić information content (AvgIpc) is 3.31. The molecule has 0 bridgehead atoms. The fourth-order valence-corrected chi connectivity index (χ4v) is 3.74. The molecule has 1 aliphatic heterocycles. The van der Waals surface area contributed by atoms with Crippen LogP contribution in [0.15, 0.2) is 53.6 Å². The van der Waals surface area contributed by atoms with Gasteiger partial charge in [0.15, 0.2) is 0 Å². The molecule has 1 heterocycles. The third kappa shape index (κ3) is 5.90. The summed E-state index contributed by atoms with van der Waals surface area (Å²) in [4.78, 5) is 27.3. The predicted molar refractivity (Wildman–Crippen MR) is 125 cm³/mol. The Bertz CT molecular complexity index is 973. The van der Waals surface area contributed by atoms with Crippen molar-refractivity contribution < 1.29 is 23.8 Å². The van der Waals surface area contributed by atoms with Gasteiger partial charge < -0.3 is 19.1 Å². The van der Waals surface area contributed by atoms with Gasteiger partial charge in [0.1, 0.15) is 18.0 Å². The summed E-state index contributed by atoms with van der Waals surface area (Å²) < 4.78 is 15.6. The van der Waals surface area contributed by atoms with Crippen molar-refractivity contribution in [1.29, 1.82) is 0 Å². The second kappa shape index (κ2) is 11.5. The lowest BCUT2D eigenvalue weighted by atomic mass is 9.98. The average molecular weight is 454 g/mol. The van der Waals surface area contributed by atoms with Crippen LogP contribution in [0.2, 0.25) is 0 Å². The largest absolute Gasteiger partial charge is 0.497 e. The number of ether oxygens (including phenoxy) is 3. The molecule has 176 valence electrons. The number of hydrogen-bond acceptors (Lipinski definition) is 6. The fourth-order valence-electron chi connectivity index (χ4n) is 3.74. The first-order valence-corrected chi connectivity index (χ1v) is 10.9. The van der Waals surface area contributed by atoms with Crippen LogP contribution in [0.1, 0.15) is 36.9 Å². The lowest BCUT2D eigenvalue weighted by molar-refractivity contribution is -0.141. The van der Waals surface area contributed by atoms with E-state index in [1.807, 2.05) is 48.5 Å². The fraction of sp³-hybridized carbons (Fsp3) is 0.400. The maximum absolute atomic E-state index is 13.4. The molecule has 8 heteroatoms. The first kappa shape index (κ1) is 24.3. The van der Waals surface area contributed by atoms with Crippen molar-refractivity contribution in [1.82, 2.24) is 9.91 Å². The Hall–Kier alpha value is -3.39. The van der Waals surface area contributed by atoms with Crippen molar-refractivity contribution in [3.05, 3.63) is 59.7 Å². The zero-order valence-electron chi connectivity index (χ0n) is 19.6. The Labute approximate surface area is 194 Å². The van der Waals surface area contributed by atoms with Crippen molar-refractivity contribution in [2.24, 2.45) is 5.10 Å². The van der Waals surface area contributed by atoms with E-state index in [4.69, 9.17) is 19.3 Å². The van der Waals surface area contributed by atoms with Gasteiger partial charge in [-0.2, -0.15) is 5.10 Å². The summed E-state index contributed by atoms with van der Waals surface area (Å²) in [5, 5.41) is 6.20. The summed E-state index contributed by atoms with van der Waals surface area (Å²) in [6, 6.07) is 15.0. The monoisotopic (exact) mass is 453 g/mol. The Morgan fingerprint density at radius 3 is 2.15 bits per heavy atom. The van der Waals surface area contributed by atoms with E-state index in [-0.39, 0.29) is 24.4 Å². The number of methoxy groups -OCH3 is 3. The molecule has 8 nitrogen and oxygen atoms in total. The molecule has 2 aromatic rings. The second-order valence-corrected chi connectivity index (χ2v) is 7.67. The number of benzene rings is 2. The predicted octanol–water partition coefficient (Wildman–Crippen LogP) is 3.27. The molecule has 2 amide bonds. The first-order chi connectivity index (χ1) is 16.0. The quantitative estimate of drug-likeness (QED) is 0.552. The van der Waals surface area contributed by atoms with Gasteiger partial charge in [0, 0.05) is 26.5 Å². The van der Waals surface area contributed by atoms with E-state index in [1.165, 1.54) is 9.91 Å². The molecule has 0 aliphatic carbocycles. The number of hydrogen-bond donors (Lipinski definition) is 0. The zero-order valence-corrected chi connectivity index (χ0v) is 19.6. The van der Waals surface area contributed by atoms with Crippen LogP contribution < -0.4 is 9.47 Å². The lowest BCUT2D eigenvalue weighted by Crippen LogP contribution is -2.42. The van der Waals surface area contributed by atoms with E-state index in [0.717, 1.165) is 28.3 Å². The van der Waals surface area contributed by atoms with E-state index in [1.54, 1.807) is 28.3 Å². The molecular formula is C25H31N3O5. The van der Waals surface area contributed by atoms with Crippen LogP contribution >= 0.6 is 0 Å². The van der Waals surface area contributed by atoms with Crippen LogP contribution in [0.5, 0.6) is 11.5 Å². The summed E-state index contributed by atoms with van der Waals surface area (Å²) in [6.45, 7) is 2.44. The molecule has 33 heavy (non-hydrogen) atoms. The molecule has 0 fully saturated rings. The molecular weight excluding hydrogens is 422 g/mol. The summed E-state index contributed by atoms with van der Waals surface area (Å²) in [7, 11) is 4.81. The van der Waals surface area contributed by atoms with E-state index in [0.29, 0.717) is 26.0 Å². The van der Waals surface area contributed by atoms with Crippen LogP contribution in [0.4, 0.5) is 0 Å². The number of hydrazone groups is 1. The van der Waals surface area contributed by atoms with Gasteiger partial charge in [-0.25, -0.2) is 5.01 Å². The van der Waals surface area contributed by atoms with Crippen molar-refractivity contribution in [2.45, 2.75) is 25.8 Å². The van der Waals surface area contributed by atoms with Gasteiger partial charge in [-0.15, -0.1) is 0 Å². The van der Waals surface area contributed by atoms with Gasteiger partial charge in [0.05, 0.1) is 32.6 Å². The smallest absolute Gasteiger partial charge is 0.262 e. The van der Waals surface area contributed by atoms with E-state index in [9.17, 15) is 9.59 Å². The summed E-state index contributed by atoms with van der Waals surface area (Å²) in [5.41, 5.74) is 2.67. The molecule has 0 saturated carbocycles. The topological polar surface area (TPSA) is 80.7 Å². The molecule has 2 aromatic carbocycles. The number of carbonyl (C=O) groups excluding carboxylic acids is 2. The maximum Gasteiger partial charge on any atom is 0.262 e. The van der Waals surface area contributed by atoms with Crippen molar-refractivity contribution in [3.63, 3.8) is 0 Å². The molecule has 0 radical (unpaired) electrons. The molecule has 0 N–H and O–H groups in total. The Morgan fingerprint density at radius 2 is 1.61 bits per heavy atom. The standard InChI is InChI=1S/C25H31N3O5/c1-5-24(29)27(14-15-31-2)17-25(30)28-23(19-8-12-21(33-4)13-9-19)16-22(26-28)18-6-10-20(32-3)11-7-18/h6-13,23H,5,14-17H2,1-4H3/t23-/m1/s1. The van der Waals surface area contributed by atoms with Gasteiger partial charge in [0.25, 0.3) is 5.91 Å². The lowest BCUT2D eigenvalue weighted by Gasteiger charge is -2.26. The summed E-state index contributed by atoms with van der Waals surface area (Å²) in [5.74, 6) is 1.16. The minimum atomic E-state index is -0.276. The normalized spacial score (nSPS) is 15.2. The molecule has 1 aliphatic rings. The van der Waals surface area contributed by atoms with Gasteiger partial charge in [0.2, 0.25) is 5.91 Å². The van der Waals surface area contributed by atoms with Gasteiger partial charge in [-0.3, -0.25) is 9.59 Å². The van der Waals surface area contributed by atoms with Gasteiger partial charge >= 0.3 is 0 Å². The first-order valence-electron chi connectivity index (χ1n) is 10.9. The molecule has 0 aromatic heterocycles. The number of rotatable bonds is 10. The molecule has 0 spiro atoms. The van der Waals surface area contributed by atoms with Crippen LogP contribution in [-0.2, 0) is 14.3 Å². The van der Waals surface area contributed by atoms with Crippen molar-refractivity contribution >= 4 is 17.5 Å². The van der Waals surface area contributed by atoms with E-state index < -0.39 is 0 Å². The third-order valence-corrected chi connectivity index (χ3v) is 5.64. The minimum Gasteiger partial charge on any atom is -0.497 e. The SMILES string of the molecule is CCC(=O)N(CCOC)CC(=O)N1N=C(c2ccc(OC)cc2)C[C@@H]1c1ccc(OC)cc1. The van der Waals surface area contributed by atoms with Crippen LogP contribution in [0, 0.1) is 0 Å². The van der Waals surface area contributed by atoms with Crippen molar-refractivity contribution in [2.75, 3.05) is 41.0 Å². The molecule has 1 atom stereocenters. The highest BCUT2D eigenvalue weighted by Gasteiger charge is 2.34. The van der Waals surface area contributed by atoms with Crippen LogP contribution in [-0.4, -0.2) is 68.5 Å². The van der Waals surface area contributed by atoms with E-state index >= 15 is 0 Å². The number of amides is 2. The Kier molecular flexibility index (Phi) is 8.43. The highest BCUT2D eigenvalue weighted by atomic mass is 16.5. The number of nitrogens with zero attached hydrogens (tertiary/aromatic N) is 3. The summed E-state index contributed by atoms with van der Waals surface area (Å²) in [6.07, 6.45) is 0.878. The van der Waals surface area contributed by atoms with Crippen LogP contribution in [0.25, 0.3) is 0 Å². The summed E-state index contributed by atoms with van der Waals surface area (Å²) >= 11 is 0. The van der Waals surface area contributed by atoms with Crippen molar-refractivity contribution in [3.8, 4) is 11.5 Å². The maximum atomic E-state index is 13.4. The second-order valence-electron chi connectivity index (χ2n) is 7.67. The minimum absolute atomic E-state index is 0.0535. The molecule has 0 saturated heterocycles. The highest BCUT2D eigenvalue weighted by molar-refractivity contribution is 6.03. The Morgan fingerprint density at radius 1 is 1.00 bits per heavy atom. The highest BCUT2D eigenvalue weighted by Crippen LogP contribution is 2.34. The number of carbonyl (C=O) groups is 2. The third-order valence-electron chi connectivity index (χ3n) is 5.64. The van der Waals surface area contributed by atoms with Crippen LogP contribution in [0.3, 0.4) is 0 Å². The van der Waals surface area contributed by atoms with Gasteiger partial charge in [-0.05, 0) is 47.5 Å². The zero-order chi connectivity index (χ0) is 23.8. The molecule has 3 rings (SSSR count). The molecule has 0 unspecified atom stereocenters.